The molecule has 0 atom stereocenters. The van der Waals surface area contributed by atoms with Gasteiger partial charge < -0.3 is 0 Å². The van der Waals surface area contributed by atoms with Crippen LogP contribution in [0.25, 0.3) is 22.3 Å². The summed E-state index contributed by atoms with van der Waals surface area (Å²) in [7, 11) is 0. The monoisotopic (exact) mass is 453 g/mol. The van der Waals surface area contributed by atoms with Gasteiger partial charge in [0.05, 0.1) is 16.5 Å². The van der Waals surface area contributed by atoms with Crippen LogP contribution in [0.2, 0.25) is 5.02 Å². The number of rotatable bonds is 3. The first kappa shape index (κ1) is 18.4. The predicted octanol–water partition coefficient (Wildman–Crippen LogP) is 4.86. The van der Waals surface area contributed by atoms with Gasteiger partial charge in [-0.2, -0.15) is 4.68 Å². The van der Waals surface area contributed by atoms with Crippen LogP contribution in [0.5, 0.6) is 0 Å². The van der Waals surface area contributed by atoms with Crippen LogP contribution in [-0.2, 0) is 0 Å². The third kappa shape index (κ3) is 3.44. The molecule has 0 aliphatic rings. The number of fused-ring (bicyclic) bond motifs is 1. The second-order valence-corrected chi connectivity index (χ2v) is 7.32. The number of para-hydroxylation sites is 1. The number of carbonyl (C=O) groups excluding carboxylic acids is 1. The van der Waals surface area contributed by atoms with Gasteiger partial charge in [-0.05, 0) is 52.3 Å². The van der Waals surface area contributed by atoms with Gasteiger partial charge in [0.15, 0.2) is 5.82 Å². The molecule has 0 aliphatic heterocycles. The van der Waals surface area contributed by atoms with E-state index in [1.807, 2.05) is 6.07 Å². The molecule has 4 rings (SSSR count). The summed E-state index contributed by atoms with van der Waals surface area (Å²) in [4.78, 5) is 30.5. The van der Waals surface area contributed by atoms with E-state index in [2.05, 4.69) is 26.3 Å². The van der Waals surface area contributed by atoms with Crippen LogP contribution in [-0.4, -0.2) is 15.6 Å². The normalized spacial score (nSPS) is 10.8. The maximum absolute atomic E-state index is 13.1. The Hall–Kier alpha value is -2.96. The second kappa shape index (κ2) is 7.58. The lowest BCUT2D eigenvalue weighted by Crippen LogP contribution is -2.35. The molecule has 7 heteroatoms. The summed E-state index contributed by atoms with van der Waals surface area (Å²) >= 11 is 9.48. The van der Waals surface area contributed by atoms with Crippen molar-refractivity contribution in [1.29, 1.82) is 0 Å². The summed E-state index contributed by atoms with van der Waals surface area (Å²) in [5.74, 6) is -0.137. The molecule has 0 fully saturated rings. The Morgan fingerprint density at radius 2 is 1.75 bits per heavy atom. The predicted molar refractivity (Wildman–Crippen MR) is 114 cm³/mol. The maximum atomic E-state index is 13.1. The van der Waals surface area contributed by atoms with Crippen molar-refractivity contribution in [3.63, 3.8) is 0 Å². The van der Waals surface area contributed by atoms with Gasteiger partial charge in [0.2, 0.25) is 0 Å². The summed E-state index contributed by atoms with van der Waals surface area (Å²) < 4.78 is 1.79. The van der Waals surface area contributed by atoms with E-state index < -0.39 is 5.91 Å². The van der Waals surface area contributed by atoms with Gasteiger partial charge in [-0.15, -0.1) is 0 Å². The molecule has 0 spiro atoms. The number of carbonyl (C=O) groups is 1. The number of aromatic nitrogens is 2. The second-order valence-electron chi connectivity index (χ2n) is 6.02. The van der Waals surface area contributed by atoms with E-state index in [0.29, 0.717) is 37.3 Å². The van der Waals surface area contributed by atoms with Crippen molar-refractivity contribution >= 4 is 44.3 Å². The van der Waals surface area contributed by atoms with Crippen LogP contribution in [0, 0.1) is 0 Å². The highest BCUT2D eigenvalue weighted by molar-refractivity contribution is 9.10. The summed E-state index contributed by atoms with van der Waals surface area (Å²) in [6, 6.07) is 20.9. The molecule has 0 saturated carbocycles. The molecular formula is C21H13BrClN3O2. The molecule has 1 heterocycles. The van der Waals surface area contributed by atoms with E-state index >= 15 is 0 Å². The van der Waals surface area contributed by atoms with Gasteiger partial charge in [-0.1, -0.05) is 48.0 Å². The zero-order valence-electron chi connectivity index (χ0n) is 14.4. The smallest absolute Gasteiger partial charge is 0.267 e. The quantitative estimate of drug-likeness (QED) is 0.481. The Morgan fingerprint density at radius 3 is 2.54 bits per heavy atom. The molecule has 4 aromatic rings. The van der Waals surface area contributed by atoms with E-state index in [0.717, 1.165) is 4.68 Å². The van der Waals surface area contributed by atoms with Crippen LogP contribution in [0.4, 0.5) is 0 Å². The van der Waals surface area contributed by atoms with Crippen molar-refractivity contribution in [3.05, 3.63) is 98.2 Å². The fourth-order valence-corrected chi connectivity index (χ4v) is 3.52. The first-order chi connectivity index (χ1) is 13.5. The lowest BCUT2D eigenvalue weighted by molar-refractivity contribution is 0.101. The Morgan fingerprint density at radius 1 is 1.00 bits per heavy atom. The molecule has 138 valence electrons. The van der Waals surface area contributed by atoms with Gasteiger partial charge in [-0.3, -0.25) is 15.0 Å². The average molecular weight is 455 g/mol. The highest BCUT2D eigenvalue weighted by Gasteiger charge is 2.17. The Balaban J connectivity index is 1.92. The Bertz CT molecular complexity index is 1270. The zero-order valence-corrected chi connectivity index (χ0v) is 16.7. The molecule has 5 nitrogen and oxygen atoms in total. The molecule has 0 aliphatic carbocycles. The molecule has 0 unspecified atom stereocenters. The van der Waals surface area contributed by atoms with Crippen LogP contribution in [0.1, 0.15) is 10.4 Å². The van der Waals surface area contributed by atoms with Gasteiger partial charge in [0, 0.05) is 15.1 Å². The molecule has 0 radical (unpaired) electrons. The van der Waals surface area contributed by atoms with Crippen LogP contribution >= 0.6 is 27.5 Å². The minimum absolute atomic E-state index is 0.298. The van der Waals surface area contributed by atoms with E-state index in [1.54, 1.807) is 66.7 Å². The van der Waals surface area contributed by atoms with Gasteiger partial charge >= 0.3 is 0 Å². The van der Waals surface area contributed by atoms with Crippen molar-refractivity contribution in [2.75, 3.05) is 5.43 Å². The van der Waals surface area contributed by atoms with Crippen molar-refractivity contribution in [1.82, 2.24) is 9.66 Å². The standard InChI is InChI=1S/C21H13BrClN3O2/c22-17-10-3-1-8-15(17)20(27)25-26-19(13-6-5-7-14(23)12-13)24-18-11-4-2-9-16(18)21(26)28/h1-12H,(H,25,27). The van der Waals surface area contributed by atoms with E-state index in [1.165, 1.54) is 0 Å². The molecule has 1 aromatic heterocycles. The van der Waals surface area contributed by atoms with E-state index in [4.69, 9.17) is 11.6 Å². The number of benzene rings is 3. The summed E-state index contributed by atoms with van der Waals surface area (Å²) in [6.45, 7) is 0. The molecule has 0 saturated heterocycles. The molecule has 1 amide bonds. The third-order valence-corrected chi connectivity index (χ3v) is 5.12. The topological polar surface area (TPSA) is 64.0 Å². The number of nitrogens with one attached hydrogen (secondary N) is 1. The number of amides is 1. The Kier molecular flexibility index (Phi) is 4.98. The van der Waals surface area contributed by atoms with Crippen molar-refractivity contribution in [2.45, 2.75) is 0 Å². The summed E-state index contributed by atoms with van der Waals surface area (Å²) in [6.07, 6.45) is 0. The van der Waals surface area contributed by atoms with Crippen LogP contribution < -0.4 is 11.0 Å². The highest BCUT2D eigenvalue weighted by atomic mass is 79.9. The Labute approximate surface area is 173 Å². The number of hydrogen-bond acceptors (Lipinski definition) is 3. The maximum Gasteiger partial charge on any atom is 0.280 e. The fourth-order valence-electron chi connectivity index (χ4n) is 2.86. The van der Waals surface area contributed by atoms with Gasteiger partial charge in [0.25, 0.3) is 11.5 Å². The summed E-state index contributed by atoms with van der Waals surface area (Å²) in [5.41, 5.74) is 3.85. The lowest BCUT2D eigenvalue weighted by Gasteiger charge is -2.15. The number of hydrogen-bond donors (Lipinski definition) is 1. The lowest BCUT2D eigenvalue weighted by atomic mass is 10.2. The van der Waals surface area contributed by atoms with Gasteiger partial charge in [-0.25, -0.2) is 4.98 Å². The number of nitrogens with zero attached hydrogens (tertiary/aromatic N) is 2. The minimum atomic E-state index is -0.435. The first-order valence-electron chi connectivity index (χ1n) is 8.38. The van der Waals surface area contributed by atoms with E-state index in [9.17, 15) is 9.59 Å². The fraction of sp³-hybridized carbons (Fsp3) is 0. The largest absolute Gasteiger partial charge is 0.280 e. The summed E-state index contributed by atoms with van der Waals surface area (Å²) in [5, 5.41) is 0.907. The molecule has 0 bridgehead atoms. The average Bonchev–Trinajstić information content (AvgIpc) is 2.70. The van der Waals surface area contributed by atoms with E-state index in [-0.39, 0.29) is 5.56 Å². The van der Waals surface area contributed by atoms with Crippen molar-refractivity contribution in [2.24, 2.45) is 0 Å². The first-order valence-corrected chi connectivity index (χ1v) is 9.55. The highest BCUT2D eigenvalue weighted by Crippen LogP contribution is 2.22. The van der Waals surface area contributed by atoms with Crippen molar-refractivity contribution < 1.29 is 4.79 Å². The molecule has 3 aromatic carbocycles. The minimum Gasteiger partial charge on any atom is -0.267 e. The zero-order chi connectivity index (χ0) is 19.7. The van der Waals surface area contributed by atoms with Crippen LogP contribution in [0.3, 0.4) is 0 Å². The third-order valence-electron chi connectivity index (χ3n) is 4.19. The molecule has 1 N–H and O–H groups in total. The van der Waals surface area contributed by atoms with Crippen LogP contribution in [0.15, 0.2) is 82.1 Å². The SMILES string of the molecule is O=C(Nn1c(-c2cccc(Cl)c2)nc2ccccc2c1=O)c1ccccc1Br. The number of halogens is 2. The van der Waals surface area contributed by atoms with Crippen molar-refractivity contribution in [3.8, 4) is 11.4 Å². The molecule has 28 heavy (non-hydrogen) atoms. The molecular weight excluding hydrogens is 442 g/mol. The van der Waals surface area contributed by atoms with Gasteiger partial charge in [0.1, 0.15) is 0 Å².